The number of ether oxygens (including phenoxy) is 1. The molecule has 110 valence electrons. The SMILES string of the molecule is CCOC(=O)c1nn(Cc2ccc(F)cc2)cc1C(=O)O. The fraction of sp³-hybridized carbons (Fsp3) is 0.214. The number of hydrogen-bond donors (Lipinski definition) is 1. The van der Waals surface area contributed by atoms with Gasteiger partial charge >= 0.3 is 11.9 Å². The molecular weight excluding hydrogens is 279 g/mol. The van der Waals surface area contributed by atoms with E-state index in [1.807, 2.05) is 0 Å². The molecule has 0 saturated heterocycles. The molecule has 0 aliphatic heterocycles. The van der Waals surface area contributed by atoms with Gasteiger partial charge in [-0.1, -0.05) is 12.1 Å². The summed E-state index contributed by atoms with van der Waals surface area (Å²) in [6, 6.07) is 5.70. The zero-order chi connectivity index (χ0) is 15.4. The van der Waals surface area contributed by atoms with Crippen molar-refractivity contribution in [1.29, 1.82) is 0 Å². The first-order chi connectivity index (χ1) is 10.0. The van der Waals surface area contributed by atoms with Crippen LogP contribution in [0.4, 0.5) is 4.39 Å². The van der Waals surface area contributed by atoms with Gasteiger partial charge in [-0.05, 0) is 24.6 Å². The van der Waals surface area contributed by atoms with Crippen LogP contribution in [0.5, 0.6) is 0 Å². The summed E-state index contributed by atoms with van der Waals surface area (Å²) in [7, 11) is 0. The molecule has 0 spiro atoms. The lowest BCUT2D eigenvalue weighted by Gasteiger charge is -2.01. The van der Waals surface area contributed by atoms with Crippen LogP contribution in [0.15, 0.2) is 30.5 Å². The van der Waals surface area contributed by atoms with Crippen LogP contribution in [0.3, 0.4) is 0 Å². The summed E-state index contributed by atoms with van der Waals surface area (Å²) in [5.41, 5.74) is 0.258. The standard InChI is InChI=1S/C14H13FN2O4/c1-2-21-14(20)12-11(13(18)19)8-17(16-12)7-9-3-5-10(15)6-4-9/h3-6,8H,2,7H2,1H3,(H,18,19). The van der Waals surface area contributed by atoms with Gasteiger partial charge in [0.1, 0.15) is 11.4 Å². The number of carboxylic acid groups (broad SMARTS) is 1. The third kappa shape index (κ3) is 3.44. The van der Waals surface area contributed by atoms with Crippen molar-refractivity contribution in [2.75, 3.05) is 6.61 Å². The van der Waals surface area contributed by atoms with Gasteiger partial charge in [0.2, 0.25) is 0 Å². The Labute approximate surface area is 119 Å². The average molecular weight is 292 g/mol. The van der Waals surface area contributed by atoms with Gasteiger partial charge in [0.25, 0.3) is 0 Å². The Balaban J connectivity index is 2.28. The third-order valence-electron chi connectivity index (χ3n) is 2.72. The molecule has 2 aromatic rings. The molecule has 1 aromatic carbocycles. The molecule has 0 amide bonds. The highest BCUT2D eigenvalue weighted by molar-refractivity contribution is 6.00. The number of aromatic carboxylic acids is 1. The molecule has 2 rings (SSSR count). The number of nitrogens with zero attached hydrogens (tertiary/aromatic N) is 2. The van der Waals surface area contributed by atoms with E-state index in [9.17, 15) is 14.0 Å². The van der Waals surface area contributed by atoms with Crippen LogP contribution < -0.4 is 0 Å². The Hall–Kier alpha value is -2.70. The van der Waals surface area contributed by atoms with E-state index >= 15 is 0 Å². The number of rotatable bonds is 5. The topological polar surface area (TPSA) is 81.4 Å². The molecule has 0 fully saturated rings. The van der Waals surface area contributed by atoms with Crippen molar-refractivity contribution >= 4 is 11.9 Å². The van der Waals surface area contributed by atoms with Crippen LogP contribution in [0.25, 0.3) is 0 Å². The van der Waals surface area contributed by atoms with Gasteiger partial charge in [-0.25, -0.2) is 14.0 Å². The average Bonchev–Trinajstić information content (AvgIpc) is 2.86. The lowest BCUT2D eigenvalue weighted by atomic mass is 10.2. The maximum atomic E-state index is 12.8. The lowest BCUT2D eigenvalue weighted by molar-refractivity contribution is 0.0507. The fourth-order valence-electron chi connectivity index (χ4n) is 1.79. The van der Waals surface area contributed by atoms with E-state index in [-0.39, 0.29) is 30.2 Å². The second kappa shape index (κ2) is 6.17. The molecule has 1 heterocycles. The van der Waals surface area contributed by atoms with E-state index in [0.717, 1.165) is 5.56 Å². The van der Waals surface area contributed by atoms with Gasteiger partial charge in [0.05, 0.1) is 13.2 Å². The number of carboxylic acids is 1. The van der Waals surface area contributed by atoms with Crippen molar-refractivity contribution in [2.45, 2.75) is 13.5 Å². The number of benzene rings is 1. The molecule has 0 saturated carbocycles. The number of carbonyl (C=O) groups excluding carboxylic acids is 1. The van der Waals surface area contributed by atoms with Gasteiger partial charge in [0.15, 0.2) is 5.69 Å². The monoisotopic (exact) mass is 292 g/mol. The molecule has 0 aliphatic carbocycles. The zero-order valence-electron chi connectivity index (χ0n) is 11.2. The Morgan fingerprint density at radius 1 is 1.33 bits per heavy atom. The van der Waals surface area contributed by atoms with Gasteiger partial charge in [-0.15, -0.1) is 0 Å². The molecule has 6 nitrogen and oxygen atoms in total. The Morgan fingerprint density at radius 2 is 2.00 bits per heavy atom. The molecule has 0 atom stereocenters. The predicted octanol–water partition coefficient (Wildman–Crippen LogP) is 1.95. The summed E-state index contributed by atoms with van der Waals surface area (Å²) in [5.74, 6) is -2.41. The number of hydrogen-bond acceptors (Lipinski definition) is 4. The second-order valence-electron chi connectivity index (χ2n) is 4.24. The number of halogens is 1. The molecule has 0 aliphatic rings. The van der Waals surface area contributed by atoms with E-state index in [4.69, 9.17) is 9.84 Å². The molecule has 0 radical (unpaired) electrons. The van der Waals surface area contributed by atoms with E-state index < -0.39 is 11.9 Å². The summed E-state index contributed by atoms with van der Waals surface area (Å²) in [6.07, 6.45) is 1.25. The summed E-state index contributed by atoms with van der Waals surface area (Å²) >= 11 is 0. The Bertz CT molecular complexity index is 664. The minimum absolute atomic E-state index is 0.128. The van der Waals surface area contributed by atoms with Gasteiger partial charge in [-0.3, -0.25) is 4.68 Å². The van der Waals surface area contributed by atoms with E-state index in [1.54, 1.807) is 19.1 Å². The van der Waals surface area contributed by atoms with E-state index in [0.29, 0.717) is 0 Å². The highest BCUT2D eigenvalue weighted by Crippen LogP contribution is 2.11. The number of aromatic nitrogens is 2. The fourth-order valence-corrected chi connectivity index (χ4v) is 1.79. The molecule has 21 heavy (non-hydrogen) atoms. The van der Waals surface area contributed by atoms with Crippen LogP contribution in [-0.4, -0.2) is 33.4 Å². The van der Waals surface area contributed by atoms with Gasteiger partial charge in [-0.2, -0.15) is 5.10 Å². The van der Waals surface area contributed by atoms with Crippen molar-refractivity contribution in [1.82, 2.24) is 9.78 Å². The molecule has 1 N–H and O–H groups in total. The van der Waals surface area contributed by atoms with Crippen LogP contribution in [-0.2, 0) is 11.3 Å². The van der Waals surface area contributed by atoms with Crippen LogP contribution in [0.2, 0.25) is 0 Å². The molecule has 0 unspecified atom stereocenters. The van der Waals surface area contributed by atoms with Crippen LogP contribution in [0, 0.1) is 5.82 Å². The van der Waals surface area contributed by atoms with E-state index in [1.165, 1.54) is 23.0 Å². The largest absolute Gasteiger partial charge is 0.478 e. The molecule has 0 bridgehead atoms. The minimum atomic E-state index is -1.26. The third-order valence-corrected chi connectivity index (χ3v) is 2.72. The van der Waals surface area contributed by atoms with Crippen LogP contribution in [0.1, 0.15) is 33.3 Å². The van der Waals surface area contributed by atoms with Gasteiger partial charge < -0.3 is 9.84 Å². The molecule has 7 heteroatoms. The summed E-state index contributed by atoms with van der Waals surface area (Å²) < 4.78 is 18.9. The molecule has 1 aromatic heterocycles. The predicted molar refractivity (Wildman–Crippen MR) is 70.6 cm³/mol. The van der Waals surface area contributed by atoms with Crippen molar-refractivity contribution < 1.29 is 23.8 Å². The first-order valence-corrected chi connectivity index (χ1v) is 6.23. The van der Waals surface area contributed by atoms with Crippen LogP contribution >= 0.6 is 0 Å². The first-order valence-electron chi connectivity index (χ1n) is 6.23. The van der Waals surface area contributed by atoms with Gasteiger partial charge in [0, 0.05) is 6.20 Å². The summed E-state index contributed by atoms with van der Waals surface area (Å²) in [4.78, 5) is 22.8. The Morgan fingerprint density at radius 3 is 2.57 bits per heavy atom. The van der Waals surface area contributed by atoms with Crippen molar-refractivity contribution in [3.63, 3.8) is 0 Å². The summed E-state index contributed by atoms with van der Waals surface area (Å²) in [6.45, 7) is 1.97. The van der Waals surface area contributed by atoms with E-state index in [2.05, 4.69) is 5.10 Å². The smallest absolute Gasteiger partial charge is 0.359 e. The number of carbonyl (C=O) groups is 2. The molecular formula is C14H13FN2O4. The van der Waals surface area contributed by atoms with Crippen molar-refractivity contribution in [2.24, 2.45) is 0 Å². The maximum Gasteiger partial charge on any atom is 0.359 e. The van der Waals surface area contributed by atoms with Crippen molar-refractivity contribution in [3.8, 4) is 0 Å². The van der Waals surface area contributed by atoms with Crippen molar-refractivity contribution in [3.05, 3.63) is 53.1 Å². The first kappa shape index (κ1) is 14.7. The minimum Gasteiger partial charge on any atom is -0.478 e. The normalized spacial score (nSPS) is 10.4. The lowest BCUT2D eigenvalue weighted by Crippen LogP contribution is -2.11. The summed E-state index contributed by atoms with van der Waals surface area (Å²) in [5, 5.41) is 13.0. The highest BCUT2D eigenvalue weighted by atomic mass is 19.1. The quantitative estimate of drug-likeness (QED) is 0.852. The maximum absolute atomic E-state index is 12.8. The Kier molecular flexibility index (Phi) is 4.32. The number of esters is 1. The zero-order valence-corrected chi connectivity index (χ0v) is 11.2. The highest BCUT2D eigenvalue weighted by Gasteiger charge is 2.22. The second-order valence-corrected chi connectivity index (χ2v) is 4.24.